The second kappa shape index (κ2) is 8.97. The lowest BCUT2D eigenvalue weighted by molar-refractivity contribution is -0.199. The van der Waals surface area contributed by atoms with Crippen molar-refractivity contribution in [2.75, 3.05) is 31.5 Å². The molecule has 1 saturated heterocycles. The zero-order chi connectivity index (χ0) is 24.7. The molecule has 0 atom stereocenters. The Morgan fingerprint density at radius 2 is 1.62 bits per heavy atom. The number of rotatable bonds is 5. The summed E-state index contributed by atoms with van der Waals surface area (Å²) in [4.78, 5) is 26.0. The number of carbonyl (C=O) groups excluding carboxylic acids is 2. The Balaban J connectivity index is 1.44. The number of anilines is 1. The zero-order valence-electron chi connectivity index (χ0n) is 17.8. The predicted molar refractivity (Wildman–Crippen MR) is 122 cm³/mol. The van der Waals surface area contributed by atoms with Gasteiger partial charge in [0, 0.05) is 41.9 Å². The number of sulfonamides is 1. The molecular formula is C22H21BrF3N3O4S. The van der Waals surface area contributed by atoms with Crippen molar-refractivity contribution in [2.45, 2.75) is 23.9 Å². The standard InChI is InChI=1S/C22H21BrF3N3O4S/c23-16-4-2-5-17(14-16)27-19(30)15-3-1-6-18(13-15)34(32,33)29-11-9-28(10-12-29)20(31)21(7-8-21)22(24,25)26/h1-6,13-14H,7-12H2,(H,27,30). The molecule has 1 aliphatic heterocycles. The van der Waals surface area contributed by atoms with Gasteiger partial charge in [0.25, 0.3) is 5.91 Å². The van der Waals surface area contributed by atoms with E-state index in [4.69, 9.17) is 0 Å². The molecule has 2 aromatic rings. The van der Waals surface area contributed by atoms with E-state index in [0.29, 0.717) is 5.69 Å². The van der Waals surface area contributed by atoms with Gasteiger partial charge in [0.1, 0.15) is 5.41 Å². The summed E-state index contributed by atoms with van der Waals surface area (Å²) < 4.78 is 67.9. The van der Waals surface area contributed by atoms with Gasteiger partial charge in [-0.3, -0.25) is 9.59 Å². The number of nitrogens with zero attached hydrogens (tertiary/aromatic N) is 2. The Morgan fingerprint density at radius 1 is 0.971 bits per heavy atom. The molecule has 0 unspecified atom stereocenters. The normalized spacial score (nSPS) is 18.4. The number of amides is 2. The third-order valence-corrected chi connectivity index (χ3v) is 8.43. The molecule has 1 saturated carbocycles. The van der Waals surface area contributed by atoms with Gasteiger partial charge in [-0.2, -0.15) is 17.5 Å². The second-order valence-corrected chi connectivity index (χ2v) is 11.1. The van der Waals surface area contributed by atoms with Crippen molar-refractivity contribution in [3.05, 3.63) is 58.6 Å². The van der Waals surface area contributed by atoms with Crippen molar-refractivity contribution in [1.29, 1.82) is 0 Å². The summed E-state index contributed by atoms with van der Waals surface area (Å²) in [5.41, 5.74) is -1.65. The van der Waals surface area contributed by atoms with Crippen molar-refractivity contribution >= 4 is 43.5 Å². The Bertz CT molecular complexity index is 1220. The minimum absolute atomic E-state index is 0.108. The third-order valence-electron chi connectivity index (χ3n) is 6.04. The van der Waals surface area contributed by atoms with Crippen LogP contribution in [0, 0.1) is 5.41 Å². The molecule has 0 radical (unpaired) electrons. The molecule has 12 heteroatoms. The summed E-state index contributed by atoms with van der Waals surface area (Å²) in [6.07, 6.45) is -5.07. The molecule has 2 aromatic carbocycles. The average molecular weight is 560 g/mol. The molecule has 7 nitrogen and oxygen atoms in total. The van der Waals surface area contributed by atoms with Gasteiger partial charge < -0.3 is 10.2 Å². The summed E-state index contributed by atoms with van der Waals surface area (Å²) in [7, 11) is -4.01. The second-order valence-electron chi connectivity index (χ2n) is 8.27. The fourth-order valence-electron chi connectivity index (χ4n) is 3.89. The fourth-order valence-corrected chi connectivity index (χ4v) is 5.76. The van der Waals surface area contributed by atoms with Gasteiger partial charge in [-0.15, -0.1) is 0 Å². The third kappa shape index (κ3) is 4.71. The number of carbonyl (C=O) groups is 2. The van der Waals surface area contributed by atoms with E-state index in [-0.39, 0.29) is 49.5 Å². The first kappa shape index (κ1) is 24.7. The van der Waals surface area contributed by atoms with E-state index in [1.54, 1.807) is 24.3 Å². The highest BCUT2D eigenvalue weighted by Crippen LogP contribution is 2.58. The quantitative estimate of drug-likeness (QED) is 0.602. The molecule has 0 spiro atoms. The maximum absolute atomic E-state index is 13.3. The number of benzene rings is 2. The number of piperazine rings is 1. The molecule has 0 aromatic heterocycles. The van der Waals surface area contributed by atoms with Crippen LogP contribution in [0.3, 0.4) is 0 Å². The Kier molecular flexibility index (Phi) is 6.51. The molecule has 182 valence electrons. The van der Waals surface area contributed by atoms with Crippen LogP contribution in [-0.4, -0.2) is 61.8 Å². The highest BCUT2D eigenvalue weighted by Gasteiger charge is 2.69. The monoisotopic (exact) mass is 559 g/mol. The van der Waals surface area contributed by atoms with Crippen molar-refractivity contribution in [3.8, 4) is 0 Å². The van der Waals surface area contributed by atoms with Crippen LogP contribution in [-0.2, 0) is 14.8 Å². The van der Waals surface area contributed by atoms with Gasteiger partial charge >= 0.3 is 6.18 Å². The highest BCUT2D eigenvalue weighted by molar-refractivity contribution is 9.10. The lowest BCUT2D eigenvalue weighted by Gasteiger charge is -2.36. The van der Waals surface area contributed by atoms with E-state index >= 15 is 0 Å². The molecule has 1 aliphatic carbocycles. The molecule has 1 heterocycles. The molecule has 2 amide bonds. The predicted octanol–water partition coefficient (Wildman–Crippen LogP) is 3.88. The summed E-state index contributed by atoms with van der Waals surface area (Å²) in [5.74, 6) is -1.48. The molecule has 2 aliphatic rings. The summed E-state index contributed by atoms with van der Waals surface area (Å²) >= 11 is 3.31. The van der Waals surface area contributed by atoms with Crippen LogP contribution in [0.15, 0.2) is 57.9 Å². The smallest absolute Gasteiger partial charge is 0.339 e. The minimum Gasteiger partial charge on any atom is -0.339 e. The number of nitrogens with one attached hydrogen (secondary N) is 1. The van der Waals surface area contributed by atoms with Crippen molar-refractivity contribution < 1.29 is 31.2 Å². The molecule has 4 rings (SSSR count). The summed E-state index contributed by atoms with van der Waals surface area (Å²) in [5, 5.41) is 2.69. The topological polar surface area (TPSA) is 86.8 Å². The van der Waals surface area contributed by atoms with E-state index in [0.717, 1.165) is 13.7 Å². The number of hydrogen-bond donors (Lipinski definition) is 1. The Morgan fingerprint density at radius 3 is 2.21 bits per heavy atom. The van der Waals surface area contributed by atoms with Crippen LogP contribution in [0.1, 0.15) is 23.2 Å². The van der Waals surface area contributed by atoms with Gasteiger partial charge in [0.15, 0.2) is 0 Å². The maximum Gasteiger partial charge on any atom is 0.403 e. The first-order valence-corrected chi connectivity index (χ1v) is 12.7. The van der Waals surface area contributed by atoms with Gasteiger partial charge in [0.05, 0.1) is 4.90 Å². The van der Waals surface area contributed by atoms with Crippen LogP contribution < -0.4 is 5.32 Å². The summed E-state index contributed by atoms with van der Waals surface area (Å²) in [6.45, 7) is -0.509. The first-order chi connectivity index (χ1) is 15.9. The lowest BCUT2D eigenvalue weighted by atomic mass is 10.0. The lowest BCUT2D eigenvalue weighted by Crippen LogP contribution is -2.54. The van der Waals surface area contributed by atoms with Crippen LogP contribution in [0.5, 0.6) is 0 Å². The molecule has 0 bridgehead atoms. The van der Waals surface area contributed by atoms with E-state index < -0.39 is 33.4 Å². The number of hydrogen-bond acceptors (Lipinski definition) is 4. The molecule has 2 fully saturated rings. The summed E-state index contributed by atoms with van der Waals surface area (Å²) in [6, 6.07) is 12.5. The molecule has 34 heavy (non-hydrogen) atoms. The van der Waals surface area contributed by atoms with Gasteiger partial charge in [-0.1, -0.05) is 28.1 Å². The first-order valence-electron chi connectivity index (χ1n) is 10.5. The van der Waals surface area contributed by atoms with Crippen molar-refractivity contribution in [2.24, 2.45) is 5.41 Å². The van der Waals surface area contributed by atoms with Gasteiger partial charge in [-0.25, -0.2) is 8.42 Å². The molecular weight excluding hydrogens is 539 g/mol. The fraction of sp³-hybridized carbons (Fsp3) is 0.364. The largest absolute Gasteiger partial charge is 0.403 e. The Hall–Kier alpha value is -2.44. The van der Waals surface area contributed by atoms with E-state index in [1.807, 2.05) is 0 Å². The Labute approximate surface area is 203 Å². The van der Waals surface area contributed by atoms with E-state index in [2.05, 4.69) is 21.2 Å². The minimum atomic E-state index is -4.61. The molecule has 1 N–H and O–H groups in total. The van der Waals surface area contributed by atoms with Gasteiger partial charge in [-0.05, 0) is 49.2 Å². The average Bonchev–Trinajstić information content (AvgIpc) is 3.61. The number of alkyl halides is 3. The van der Waals surface area contributed by atoms with Crippen LogP contribution in [0.2, 0.25) is 0 Å². The van der Waals surface area contributed by atoms with E-state index in [1.165, 1.54) is 24.3 Å². The SMILES string of the molecule is O=C(Nc1cccc(Br)c1)c1cccc(S(=O)(=O)N2CCN(C(=O)C3(C(F)(F)F)CC3)CC2)c1. The van der Waals surface area contributed by atoms with Crippen molar-refractivity contribution in [1.82, 2.24) is 9.21 Å². The number of halogens is 4. The van der Waals surface area contributed by atoms with Crippen LogP contribution in [0.25, 0.3) is 0 Å². The van der Waals surface area contributed by atoms with Crippen LogP contribution in [0.4, 0.5) is 18.9 Å². The highest BCUT2D eigenvalue weighted by atomic mass is 79.9. The van der Waals surface area contributed by atoms with E-state index in [9.17, 15) is 31.2 Å². The zero-order valence-corrected chi connectivity index (χ0v) is 20.2. The maximum atomic E-state index is 13.3. The van der Waals surface area contributed by atoms with Crippen molar-refractivity contribution in [3.63, 3.8) is 0 Å². The van der Waals surface area contributed by atoms with Gasteiger partial charge in [0.2, 0.25) is 15.9 Å². The van der Waals surface area contributed by atoms with Crippen LogP contribution >= 0.6 is 15.9 Å².